The van der Waals surface area contributed by atoms with Crippen LogP contribution in [0.5, 0.6) is 0 Å². The van der Waals surface area contributed by atoms with Crippen molar-refractivity contribution in [3.63, 3.8) is 0 Å². The topological polar surface area (TPSA) is 15.7 Å². The van der Waals surface area contributed by atoms with E-state index in [2.05, 4.69) is 72.4 Å². The zero-order valence-corrected chi connectivity index (χ0v) is 16.7. The van der Waals surface area contributed by atoms with E-state index in [1.165, 1.54) is 41.6 Å². The van der Waals surface area contributed by atoms with Crippen molar-refractivity contribution in [2.24, 2.45) is 0 Å². The van der Waals surface area contributed by atoms with Crippen LogP contribution < -0.4 is 0 Å². The zero-order chi connectivity index (χ0) is 18.6. The minimum Gasteiger partial charge on any atom is -0.381 e. The first-order valence-corrected chi connectivity index (χ1v) is 10.4. The molecule has 2 aliphatic heterocycles. The fraction of sp³-hybridized carbons (Fsp3) is 0.500. The minimum atomic E-state index is 0.599. The molecule has 0 aromatic heterocycles. The van der Waals surface area contributed by atoms with Crippen LogP contribution in [0.3, 0.4) is 0 Å². The molecule has 27 heavy (non-hydrogen) atoms. The molecule has 0 saturated carbocycles. The average Bonchev–Trinajstić information content (AvgIpc) is 3.15. The summed E-state index contributed by atoms with van der Waals surface area (Å²) in [5.41, 5.74) is 5.45. The van der Waals surface area contributed by atoms with Crippen LogP contribution in [-0.2, 0) is 11.3 Å². The van der Waals surface area contributed by atoms with Gasteiger partial charge in [0, 0.05) is 31.8 Å². The predicted octanol–water partition coefficient (Wildman–Crippen LogP) is 4.73. The van der Waals surface area contributed by atoms with Gasteiger partial charge in [-0.1, -0.05) is 48.5 Å². The van der Waals surface area contributed by atoms with Crippen molar-refractivity contribution in [2.75, 3.05) is 33.9 Å². The van der Waals surface area contributed by atoms with Crippen LogP contribution in [0.2, 0.25) is 0 Å². The lowest BCUT2D eigenvalue weighted by Crippen LogP contribution is -2.36. The Hall–Kier alpha value is -1.68. The molecule has 2 aromatic carbocycles. The van der Waals surface area contributed by atoms with Gasteiger partial charge in [-0.05, 0) is 68.6 Å². The van der Waals surface area contributed by atoms with Gasteiger partial charge >= 0.3 is 0 Å². The molecule has 2 aromatic rings. The maximum Gasteiger partial charge on any atom is 0.0480 e. The molecule has 4 rings (SSSR count). The van der Waals surface area contributed by atoms with E-state index in [4.69, 9.17) is 4.74 Å². The highest BCUT2D eigenvalue weighted by Gasteiger charge is 2.22. The van der Waals surface area contributed by atoms with Gasteiger partial charge < -0.3 is 4.74 Å². The molecular formula is C24H32N2O. The van der Waals surface area contributed by atoms with Crippen molar-refractivity contribution < 1.29 is 4.74 Å². The predicted molar refractivity (Wildman–Crippen MR) is 112 cm³/mol. The van der Waals surface area contributed by atoms with Crippen LogP contribution in [0.1, 0.15) is 42.9 Å². The fourth-order valence-electron chi connectivity index (χ4n) is 4.57. The third-order valence-electron chi connectivity index (χ3n) is 6.35. The number of nitrogens with zero attached hydrogens (tertiary/aromatic N) is 2. The quantitative estimate of drug-likeness (QED) is 0.763. The van der Waals surface area contributed by atoms with Gasteiger partial charge in [-0.15, -0.1) is 0 Å². The van der Waals surface area contributed by atoms with Crippen LogP contribution >= 0.6 is 0 Å². The molecule has 2 aliphatic rings. The minimum absolute atomic E-state index is 0.599. The van der Waals surface area contributed by atoms with Gasteiger partial charge in [0.2, 0.25) is 0 Å². The molecular weight excluding hydrogens is 332 g/mol. The van der Waals surface area contributed by atoms with E-state index in [1.54, 1.807) is 0 Å². The Morgan fingerprint density at radius 2 is 1.56 bits per heavy atom. The molecule has 0 radical (unpaired) electrons. The third kappa shape index (κ3) is 4.43. The lowest BCUT2D eigenvalue weighted by atomic mass is 9.99. The first-order valence-electron chi connectivity index (χ1n) is 10.4. The molecule has 2 heterocycles. The summed E-state index contributed by atoms with van der Waals surface area (Å²) in [5, 5.41) is 0. The summed E-state index contributed by atoms with van der Waals surface area (Å²) in [7, 11) is 4.48. The molecule has 0 spiro atoms. The molecule has 3 nitrogen and oxygen atoms in total. The number of rotatable bonds is 5. The van der Waals surface area contributed by atoms with E-state index < -0.39 is 0 Å². The SMILES string of the molecule is CN(Cc1ccc(-c2ccc(C3CCCN3C)cc2)cc1)C1CCOCC1. The van der Waals surface area contributed by atoms with Crippen LogP contribution in [0.15, 0.2) is 48.5 Å². The lowest BCUT2D eigenvalue weighted by molar-refractivity contribution is 0.0407. The number of hydrogen-bond donors (Lipinski definition) is 0. The molecule has 2 fully saturated rings. The van der Waals surface area contributed by atoms with Gasteiger partial charge in [0.15, 0.2) is 0 Å². The van der Waals surface area contributed by atoms with Crippen molar-refractivity contribution in [2.45, 2.75) is 44.3 Å². The summed E-state index contributed by atoms with van der Waals surface area (Å²) in [6.07, 6.45) is 4.89. The van der Waals surface area contributed by atoms with Gasteiger partial charge in [-0.25, -0.2) is 0 Å². The molecule has 0 N–H and O–H groups in total. The molecule has 144 valence electrons. The second-order valence-corrected chi connectivity index (χ2v) is 8.22. The lowest BCUT2D eigenvalue weighted by Gasteiger charge is -2.31. The first-order chi connectivity index (χ1) is 13.2. The molecule has 1 atom stereocenters. The van der Waals surface area contributed by atoms with E-state index in [0.717, 1.165) is 32.6 Å². The van der Waals surface area contributed by atoms with Crippen molar-refractivity contribution in [1.82, 2.24) is 9.80 Å². The van der Waals surface area contributed by atoms with Crippen molar-refractivity contribution >= 4 is 0 Å². The highest BCUT2D eigenvalue weighted by atomic mass is 16.5. The van der Waals surface area contributed by atoms with E-state index in [-0.39, 0.29) is 0 Å². The number of ether oxygens (including phenoxy) is 1. The second-order valence-electron chi connectivity index (χ2n) is 8.22. The van der Waals surface area contributed by atoms with Crippen LogP contribution in [0.25, 0.3) is 11.1 Å². The van der Waals surface area contributed by atoms with Crippen molar-refractivity contribution in [3.05, 3.63) is 59.7 Å². The van der Waals surface area contributed by atoms with Crippen LogP contribution in [-0.4, -0.2) is 49.7 Å². The maximum atomic E-state index is 5.48. The molecule has 0 bridgehead atoms. The smallest absolute Gasteiger partial charge is 0.0480 e. The molecule has 0 amide bonds. The van der Waals surface area contributed by atoms with E-state index >= 15 is 0 Å². The number of benzene rings is 2. The summed E-state index contributed by atoms with van der Waals surface area (Å²) < 4.78 is 5.48. The van der Waals surface area contributed by atoms with Gasteiger partial charge in [-0.3, -0.25) is 9.80 Å². The first kappa shape index (κ1) is 18.7. The maximum absolute atomic E-state index is 5.48. The fourth-order valence-corrected chi connectivity index (χ4v) is 4.57. The van der Waals surface area contributed by atoms with Crippen molar-refractivity contribution in [3.8, 4) is 11.1 Å². The highest BCUT2D eigenvalue weighted by Crippen LogP contribution is 2.31. The summed E-state index contributed by atoms with van der Waals surface area (Å²) >= 11 is 0. The van der Waals surface area contributed by atoms with Gasteiger partial charge in [-0.2, -0.15) is 0 Å². The number of likely N-dealkylation sites (tertiary alicyclic amines) is 1. The third-order valence-corrected chi connectivity index (χ3v) is 6.35. The second kappa shape index (κ2) is 8.55. The monoisotopic (exact) mass is 364 g/mol. The highest BCUT2D eigenvalue weighted by molar-refractivity contribution is 5.64. The molecule has 2 saturated heterocycles. The van der Waals surface area contributed by atoms with E-state index in [1.807, 2.05) is 0 Å². The summed E-state index contributed by atoms with van der Waals surface area (Å²) in [5.74, 6) is 0. The Kier molecular flexibility index (Phi) is 5.92. The Bertz CT molecular complexity index is 719. The standard InChI is InChI=1S/C24H32N2O/c1-25-15-3-4-24(25)22-11-9-21(10-12-22)20-7-5-19(6-8-20)18-26(2)23-13-16-27-17-14-23/h5-12,23-24H,3-4,13-18H2,1-2H3. The van der Waals surface area contributed by atoms with Gasteiger partial charge in [0.25, 0.3) is 0 Å². The Labute approximate surface area is 163 Å². The Morgan fingerprint density at radius 1 is 0.926 bits per heavy atom. The summed E-state index contributed by atoms with van der Waals surface area (Å²) in [6.45, 7) is 4.04. The zero-order valence-electron chi connectivity index (χ0n) is 16.7. The summed E-state index contributed by atoms with van der Waals surface area (Å²) in [6, 6.07) is 19.5. The average molecular weight is 365 g/mol. The van der Waals surface area contributed by atoms with Crippen LogP contribution in [0.4, 0.5) is 0 Å². The van der Waals surface area contributed by atoms with Gasteiger partial charge in [0.1, 0.15) is 0 Å². The van der Waals surface area contributed by atoms with E-state index in [0.29, 0.717) is 12.1 Å². The summed E-state index contributed by atoms with van der Waals surface area (Å²) in [4.78, 5) is 4.95. The normalized spacial score (nSPS) is 21.8. The van der Waals surface area contributed by atoms with Crippen molar-refractivity contribution in [1.29, 1.82) is 0 Å². The Morgan fingerprint density at radius 3 is 2.15 bits per heavy atom. The number of hydrogen-bond acceptors (Lipinski definition) is 3. The largest absolute Gasteiger partial charge is 0.381 e. The molecule has 0 aliphatic carbocycles. The Balaban J connectivity index is 1.39. The molecule has 1 unspecified atom stereocenters. The molecule has 3 heteroatoms. The van der Waals surface area contributed by atoms with Crippen LogP contribution in [0, 0.1) is 0 Å². The van der Waals surface area contributed by atoms with Gasteiger partial charge in [0.05, 0.1) is 0 Å². The van der Waals surface area contributed by atoms with E-state index in [9.17, 15) is 0 Å².